The monoisotopic (exact) mass is 369 g/mol. The first-order valence-corrected chi connectivity index (χ1v) is 9.18. The Bertz CT molecular complexity index is 486. The van der Waals surface area contributed by atoms with E-state index in [9.17, 15) is 14.4 Å². The summed E-state index contributed by atoms with van der Waals surface area (Å²) in [7, 11) is 0. The van der Waals surface area contributed by atoms with Gasteiger partial charge in [0.15, 0.2) is 0 Å². The van der Waals surface area contributed by atoms with Gasteiger partial charge in [0.1, 0.15) is 0 Å². The zero-order valence-corrected chi connectivity index (χ0v) is 14.5. The highest BCUT2D eigenvalue weighted by atomic mass is 16.7. The minimum absolute atomic E-state index is 0. The van der Waals surface area contributed by atoms with Crippen molar-refractivity contribution in [2.24, 2.45) is 17.8 Å². The lowest BCUT2D eigenvalue weighted by Gasteiger charge is -2.33. The zero-order valence-electron chi connectivity index (χ0n) is 14.5. The molecule has 0 radical (unpaired) electrons. The van der Waals surface area contributed by atoms with Crippen molar-refractivity contribution in [2.75, 3.05) is 6.61 Å². The van der Waals surface area contributed by atoms with Crippen molar-refractivity contribution < 1.29 is 23.9 Å². The largest absolute Gasteiger partial charge is 0.436 e. The van der Waals surface area contributed by atoms with Crippen LogP contribution in [0.25, 0.3) is 0 Å². The molecule has 6 heteroatoms. The van der Waals surface area contributed by atoms with Crippen LogP contribution in [0, 0.1) is 17.8 Å². The summed E-state index contributed by atoms with van der Waals surface area (Å²) in [6.07, 6.45) is 5.12. The normalized spacial score (nSPS) is 34.7. The van der Waals surface area contributed by atoms with Crippen LogP contribution in [-0.2, 0) is 23.9 Å². The maximum Gasteiger partial charge on any atom is 0.311 e. The third kappa shape index (κ3) is 4.45. The first kappa shape index (κ1) is 22.6. The molecule has 3 unspecified atom stereocenters. The molecule has 0 aromatic heterocycles. The SMILES string of the molecule is C.C.CC1C(=O)N(C2CCC(C(=O)OC3CCCCO3)CC2)C(=O)C1C. The number of hydrogen-bond acceptors (Lipinski definition) is 5. The van der Waals surface area contributed by atoms with Crippen LogP contribution in [0.5, 0.6) is 0 Å². The van der Waals surface area contributed by atoms with E-state index >= 15 is 0 Å². The molecule has 0 aromatic rings. The lowest BCUT2D eigenvalue weighted by molar-refractivity contribution is -0.192. The van der Waals surface area contributed by atoms with Crippen LogP contribution in [0.15, 0.2) is 0 Å². The minimum Gasteiger partial charge on any atom is -0.436 e. The molecule has 0 spiro atoms. The predicted molar refractivity (Wildman–Crippen MR) is 99.1 cm³/mol. The van der Waals surface area contributed by atoms with Crippen LogP contribution < -0.4 is 0 Å². The second kappa shape index (κ2) is 9.49. The van der Waals surface area contributed by atoms with Crippen molar-refractivity contribution in [1.82, 2.24) is 4.90 Å². The predicted octanol–water partition coefficient (Wildman–Crippen LogP) is 3.53. The summed E-state index contributed by atoms with van der Waals surface area (Å²) < 4.78 is 10.9. The lowest BCUT2D eigenvalue weighted by Crippen LogP contribution is -2.43. The number of ether oxygens (including phenoxy) is 2. The van der Waals surface area contributed by atoms with Crippen molar-refractivity contribution in [1.29, 1.82) is 0 Å². The molecule has 3 atom stereocenters. The van der Waals surface area contributed by atoms with Crippen LogP contribution in [-0.4, -0.2) is 41.6 Å². The molecule has 1 saturated carbocycles. The zero-order chi connectivity index (χ0) is 17.3. The van der Waals surface area contributed by atoms with Gasteiger partial charge < -0.3 is 9.47 Å². The fourth-order valence-corrected chi connectivity index (χ4v) is 3.93. The number of carbonyl (C=O) groups excluding carboxylic acids is 3. The van der Waals surface area contributed by atoms with Crippen LogP contribution >= 0.6 is 0 Å². The molecule has 0 bridgehead atoms. The number of rotatable bonds is 3. The first-order chi connectivity index (χ1) is 11.5. The molecule has 1 aliphatic carbocycles. The van der Waals surface area contributed by atoms with Gasteiger partial charge in [0, 0.05) is 24.3 Å². The Morgan fingerprint density at radius 1 is 0.962 bits per heavy atom. The molecule has 26 heavy (non-hydrogen) atoms. The van der Waals surface area contributed by atoms with Gasteiger partial charge in [0.25, 0.3) is 0 Å². The number of imide groups is 1. The number of hydrogen-bond donors (Lipinski definition) is 0. The fraction of sp³-hybridized carbons (Fsp3) is 0.850. The first-order valence-electron chi connectivity index (χ1n) is 9.18. The summed E-state index contributed by atoms with van der Waals surface area (Å²) in [6.45, 7) is 4.29. The third-order valence-corrected chi connectivity index (χ3v) is 5.78. The average molecular weight is 370 g/mol. The van der Waals surface area contributed by atoms with Gasteiger partial charge in [-0.2, -0.15) is 0 Å². The summed E-state index contributed by atoms with van der Waals surface area (Å²) in [4.78, 5) is 38.3. The highest BCUT2D eigenvalue weighted by molar-refractivity contribution is 6.05. The topological polar surface area (TPSA) is 72.9 Å². The number of nitrogens with zero attached hydrogens (tertiary/aromatic N) is 1. The van der Waals surface area contributed by atoms with E-state index in [4.69, 9.17) is 9.47 Å². The second-order valence-electron chi connectivity index (χ2n) is 7.36. The number of carbonyl (C=O) groups is 3. The Morgan fingerprint density at radius 2 is 1.54 bits per heavy atom. The van der Waals surface area contributed by atoms with Gasteiger partial charge in [-0.25, -0.2) is 0 Å². The summed E-state index contributed by atoms with van der Waals surface area (Å²) in [5.74, 6) is -0.925. The highest BCUT2D eigenvalue weighted by Crippen LogP contribution is 2.35. The quantitative estimate of drug-likeness (QED) is 0.562. The van der Waals surface area contributed by atoms with E-state index in [0.29, 0.717) is 32.3 Å². The van der Waals surface area contributed by atoms with E-state index in [2.05, 4.69) is 0 Å². The lowest BCUT2D eigenvalue weighted by atomic mass is 9.85. The fourth-order valence-electron chi connectivity index (χ4n) is 3.93. The summed E-state index contributed by atoms with van der Waals surface area (Å²) in [5, 5.41) is 0. The maximum absolute atomic E-state index is 12.3. The standard InChI is InChI=1S/C18H27NO5.2CH4/c1-11-12(2)17(21)19(16(11)20)14-8-6-13(7-9-14)18(22)24-15-5-3-4-10-23-15;;/h11-15H,3-10H2,1-2H3;2*1H4. The van der Waals surface area contributed by atoms with Gasteiger partial charge in [0.2, 0.25) is 18.1 Å². The van der Waals surface area contributed by atoms with Crippen molar-refractivity contribution >= 4 is 17.8 Å². The molecule has 2 saturated heterocycles. The molecule has 2 aliphatic heterocycles. The highest BCUT2D eigenvalue weighted by Gasteiger charge is 2.46. The molecular formula is C20H35NO5. The number of esters is 1. The molecular weight excluding hydrogens is 334 g/mol. The molecule has 2 heterocycles. The molecule has 150 valence electrons. The van der Waals surface area contributed by atoms with E-state index in [1.807, 2.05) is 13.8 Å². The van der Waals surface area contributed by atoms with Crippen molar-refractivity contribution in [3.8, 4) is 0 Å². The van der Waals surface area contributed by atoms with Crippen molar-refractivity contribution in [3.63, 3.8) is 0 Å². The molecule has 0 aromatic carbocycles. The molecule has 3 fully saturated rings. The minimum atomic E-state index is -0.396. The van der Waals surface area contributed by atoms with E-state index in [1.165, 1.54) is 4.90 Å². The van der Waals surface area contributed by atoms with Gasteiger partial charge in [-0.05, 0) is 38.5 Å². The maximum atomic E-state index is 12.3. The van der Waals surface area contributed by atoms with Crippen LogP contribution in [0.3, 0.4) is 0 Å². The Kier molecular flexibility index (Phi) is 8.25. The molecule has 3 aliphatic rings. The van der Waals surface area contributed by atoms with Crippen molar-refractivity contribution in [2.45, 2.75) is 86.0 Å². The Balaban J connectivity index is 0.00000169. The second-order valence-corrected chi connectivity index (χ2v) is 7.36. The molecule has 3 rings (SSSR count). The van der Waals surface area contributed by atoms with Gasteiger partial charge in [-0.3, -0.25) is 19.3 Å². The Morgan fingerprint density at radius 3 is 2.04 bits per heavy atom. The molecule has 0 N–H and O–H groups in total. The van der Waals surface area contributed by atoms with E-state index in [0.717, 1.165) is 19.3 Å². The number of amides is 2. The Hall–Kier alpha value is -1.43. The summed E-state index contributed by atoms with van der Waals surface area (Å²) >= 11 is 0. The summed E-state index contributed by atoms with van der Waals surface area (Å²) in [6, 6.07) is -0.0626. The Labute approximate surface area is 157 Å². The van der Waals surface area contributed by atoms with Gasteiger partial charge in [0.05, 0.1) is 12.5 Å². The smallest absolute Gasteiger partial charge is 0.311 e. The van der Waals surface area contributed by atoms with Gasteiger partial charge >= 0.3 is 5.97 Å². The van der Waals surface area contributed by atoms with Crippen LogP contribution in [0.1, 0.15) is 73.6 Å². The van der Waals surface area contributed by atoms with Gasteiger partial charge in [-0.15, -0.1) is 0 Å². The average Bonchev–Trinajstić information content (AvgIpc) is 2.79. The van der Waals surface area contributed by atoms with E-state index < -0.39 is 6.29 Å². The van der Waals surface area contributed by atoms with Crippen LogP contribution in [0.2, 0.25) is 0 Å². The molecule has 6 nitrogen and oxygen atoms in total. The van der Waals surface area contributed by atoms with E-state index in [1.54, 1.807) is 0 Å². The van der Waals surface area contributed by atoms with Crippen molar-refractivity contribution in [3.05, 3.63) is 0 Å². The summed E-state index contributed by atoms with van der Waals surface area (Å²) in [5.41, 5.74) is 0. The van der Waals surface area contributed by atoms with Crippen LogP contribution in [0.4, 0.5) is 0 Å². The van der Waals surface area contributed by atoms with E-state index in [-0.39, 0.29) is 56.4 Å². The third-order valence-electron chi connectivity index (χ3n) is 5.78. The van der Waals surface area contributed by atoms with Gasteiger partial charge in [-0.1, -0.05) is 28.7 Å². The number of likely N-dealkylation sites (tertiary alicyclic amines) is 1. The molecule has 2 amide bonds.